The van der Waals surface area contributed by atoms with Crippen LogP contribution in [0.3, 0.4) is 0 Å². The maximum atomic E-state index is 13.7. The lowest BCUT2D eigenvalue weighted by Gasteiger charge is -2.54. The van der Waals surface area contributed by atoms with E-state index < -0.39 is 0 Å². The molecule has 4 heteroatoms. The number of carbonyl (C=O) groups excluding carboxylic acids is 1. The molecular formula is C30H40N2O2. The number of phenolic OH excluding ortho intramolecular Hbond substituents is 1. The van der Waals surface area contributed by atoms with Crippen LogP contribution in [-0.2, 0) is 5.41 Å². The van der Waals surface area contributed by atoms with E-state index >= 15 is 0 Å². The van der Waals surface area contributed by atoms with Crippen molar-refractivity contribution in [2.75, 3.05) is 26.2 Å². The van der Waals surface area contributed by atoms with Crippen LogP contribution in [-0.4, -0.2) is 53.0 Å². The van der Waals surface area contributed by atoms with Crippen molar-refractivity contribution < 1.29 is 9.90 Å². The van der Waals surface area contributed by atoms with Crippen LogP contribution >= 0.6 is 0 Å². The lowest BCUT2D eigenvalue weighted by molar-refractivity contribution is 0.00989. The molecule has 1 N–H and O–H groups in total. The van der Waals surface area contributed by atoms with Gasteiger partial charge in [-0.1, -0.05) is 44.2 Å². The average molecular weight is 461 g/mol. The van der Waals surface area contributed by atoms with Gasteiger partial charge in [0, 0.05) is 36.7 Å². The van der Waals surface area contributed by atoms with Gasteiger partial charge in [-0.2, -0.15) is 0 Å². The van der Waals surface area contributed by atoms with Gasteiger partial charge in [0.25, 0.3) is 5.91 Å². The van der Waals surface area contributed by atoms with Gasteiger partial charge in [0.1, 0.15) is 5.75 Å². The first-order valence-electron chi connectivity index (χ1n) is 13.3. The van der Waals surface area contributed by atoms with Crippen molar-refractivity contribution in [2.24, 2.45) is 17.8 Å². The number of piperidine rings is 1. The second-order valence-electron chi connectivity index (χ2n) is 11.5. The highest BCUT2D eigenvalue weighted by molar-refractivity contribution is 5.94. The summed E-state index contributed by atoms with van der Waals surface area (Å²) in [7, 11) is 0. The van der Waals surface area contributed by atoms with Crippen LogP contribution in [0, 0.1) is 17.8 Å². The molecule has 1 aliphatic heterocycles. The van der Waals surface area contributed by atoms with Gasteiger partial charge in [-0.25, -0.2) is 0 Å². The molecule has 0 aromatic heterocycles. The van der Waals surface area contributed by atoms with Gasteiger partial charge >= 0.3 is 0 Å². The van der Waals surface area contributed by atoms with E-state index in [0.29, 0.717) is 17.6 Å². The van der Waals surface area contributed by atoms with Crippen LogP contribution in [0.1, 0.15) is 68.3 Å². The zero-order chi connectivity index (χ0) is 23.7. The van der Waals surface area contributed by atoms with Gasteiger partial charge in [-0.05, 0) is 92.7 Å². The van der Waals surface area contributed by atoms with Crippen molar-refractivity contribution in [3.8, 4) is 5.75 Å². The third kappa shape index (κ3) is 4.88. The highest BCUT2D eigenvalue weighted by atomic mass is 16.3. The van der Waals surface area contributed by atoms with Gasteiger partial charge < -0.3 is 14.9 Å². The van der Waals surface area contributed by atoms with Gasteiger partial charge in [0.2, 0.25) is 0 Å². The minimum Gasteiger partial charge on any atom is -0.508 e. The number of likely N-dealkylation sites (tertiary alicyclic amines) is 1. The summed E-state index contributed by atoms with van der Waals surface area (Å²) in [6.07, 6.45) is 7.09. The predicted octanol–water partition coefficient (Wildman–Crippen LogP) is 5.71. The van der Waals surface area contributed by atoms with E-state index in [9.17, 15) is 9.90 Å². The second kappa shape index (κ2) is 9.73. The molecule has 2 saturated carbocycles. The lowest BCUT2D eigenvalue weighted by Crippen LogP contribution is -2.57. The maximum absolute atomic E-state index is 13.7. The van der Waals surface area contributed by atoms with Crippen molar-refractivity contribution >= 4 is 5.91 Å². The number of carbonyl (C=O) groups is 1. The zero-order valence-electron chi connectivity index (χ0n) is 20.8. The fourth-order valence-corrected chi connectivity index (χ4v) is 6.64. The maximum Gasteiger partial charge on any atom is 0.254 e. The number of aromatic hydroxyl groups is 1. The third-order valence-electron chi connectivity index (χ3n) is 8.50. The molecule has 2 aliphatic carbocycles. The summed E-state index contributed by atoms with van der Waals surface area (Å²) in [5, 5.41) is 10.4. The zero-order valence-corrected chi connectivity index (χ0v) is 20.8. The number of phenols is 1. The molecule has 34 heavy (non-hydrogen) atoms. The Kier molecular flexibility index (Phi) is 6.70. The highest BCUT2D eigenvalue weighted by Gasteiger charge is 2.50. The number of benzene rings is 2. The summed E-state index contributed by atoms with van der Waals surface area (Å²) in [5.41, 5.74) is 2.08. The first kappa shape index (κ1) is 23.4. The summed E-state index contributed by atoms with van der Waals surface area (Å²) in [5.74, 6) is 2.42. The Morgan fingerprint density at radius 1 is 1.09 bits per heavy atom. The molecule has 0 unspecified atom stereocenters. The van der Waals surface area contributed by atoms with E-state index in [1.807, 2.05) is 42.5 Å². The molecule has 3 fully saturated rings. The minimum absolute atomic E-state index is 0.0217. The van der Waals surface area contributed by atoms with Crippen LogP contribution in [0.4, 0.5) is 0 Å². The summed E-state index contributed by atoms with van der Waals surface area (Å²) >= 11 is 0. The molecule has 3 aliphatic rings. The van der Waals surface area contributed by atoms with E-state index in [1.165, 1.54) is 24.9 Å². The highest BCUT2D eigenvalue weighted by Crippen LogP contribution is 2.51. The molecule has 3 atom stereocenters. The normalized spacial score (nSPS) is 27.4. The molecule has 5 rings (SSSR count). The molecule has 1 amide bonds. The lowest BCUT2D eigenvalue weighted by atomic mass is 9.57. The Balaban J connectivity index is 1.45. The number of amides is 1. The average Bonchev–Trinajstić information content (AvgIpc) is 3.66. The molecule has 182 valence electrons. The number of fused-ring (bicyclic) bond motifs is 1. The second-order valence-corrected chi connectivity index (χ2v) is 11.5. The first-order valence-corrected chi connectivity index (χ1v) is 13.3. The van der Waals surface area contributed by atoms with Crippen LogP contribution in [0.25, 0.3) is 0 Å². The van der Waals surface area contributed by atoms with E-state index in [1.54, 1.807) is 6.07 Å². The van der Waals surface area contributed by atoms with Gasteiger partial charge in [0.05, 0.1) is 0 Å². The van der Waals surface area contributed by atoms with Crippen molar-refractivity contribution in [1.29, 1.82) is 0 Å². The largest absolute Gasteiger partial charge is 0.508 e. The van der Waals surface area contributed by atoms with Crippen molar-refractivity contribution in [1.82, 2.24) is 9.80 Å². The molecule has 0 spiro atoms. The SMILES string of the molecule is CC(C)CN(C(=O)c1ccccc1)[C@H]1CC[C@@H]2CN(CC3CC3)CC[C@@]2(c2cccc(O)c2)C1. The number of nitrogens with zero attached hydrogens (tertiary/aromatic N) is 2. The Morgan fingerprint density at radius 3 is 2.59 bits per heavy atom. The fourth-order valence-electron chi connectivity index (χ4n) is 6.64. The fraction of sp³-hybridized carbons (Fsp3) is 0.567. The number of hydrogen-bond donors (Lipinski definition) is 1. The van der Waals surface area contributed by atoms with E-state index in [-0.39, 0.29) is 17.4 Å². The summed E-state index contributed by atoms with van der Waals surface area (Å²) < 4.78 is 0. The van der Waals surface area contributed by atoms with Crippen molar-refractivity contribution in [3.63, 3.8) is 0 Å². The molecule has 1 saturated heterocycles. The number of hydrogen-bond acceptors (Lipinski definition) is 3. The predicted molar refractivity (Wildman–Crippen MR) is 137 cm³/mol. The van der Waals surface area contributed by atoms with Gasteiger partial charge in [-0.3, -0.25) is 4.79 Å². The van der Waals surface area contributed by atoms with Crippen LogP contribution in [0.2, 0.25) is 0 Å². The Labute approximate surface area is 205 Å². The van der Waals surface area contributed by atoms with Crippen molar-refractivity contribution in [2.45, 2.75) is 63.8 Å². The summed E-state index contributed by atoms with van der Waals surface area (Å²) in [6.45, 7) is 8.72. The smallest absolute Gasteiger partial charge is 0.254 e. The quantitative estimate of drug-likeness (QED) is 0.575. The minimum atomic E-state index is 0.0217. The Hall–Kier alpha value is -2.33. The monoisotopic (exact) mass is 460 g/mol. The molecule has 0 bridgehead atoms. The number of rotatable bonds is 7. The molecular weight excluding hydrogens is 420 g/mol. The molecule has 2 aromatic rings. The van der Waals surface area contributed by atoms with Gasteiger partial charge in [-0.15, -0.1) is 0 Å². The van der Waals surface area contributed by atoms with Crippen LogP contribution in [0.15, 0.2) is 54.6 Å². The van der Waals surface area contributed by atoms with Crippen LogP contribution < -0.4 is 0 Å². The van der Waals surface area contributed by atoms with E-state index in [2.05, 4.69) is 29.7 Å². The van der Waals surface area contributed by atoms with E-state index in [0.717, 1.165) is 56.8 Å². The van der Waals surface area contributed by atoms with Gasteiger partial charge in [0.15, 0.2) is 0 Å². The molecule has 4 nitrogen and oxygen atoms in total. The Bertz CT molecular complexity index is 986. The third-order valence-corrected chi connectivity index (χ3v) is 8.50. The van der Waals surface area contributed by atoms with Crippen molar-refractivity contribution in [3.05, 3.63) is 65.7 Å². The van der Waals surface area contributed by atoms with E-state index in [4.69, 9.17) is 0 Å². The molecule has 0 radical (unpaired) electrons. The first-order chi connectivity index (χ1) is 16.4. The standard InChI is InChI=1S/C30H40N2O2/c1-22(2)19-32(29(34)24-7-4-3-5-8-24)27-14-13-26-21-31(20-23-11-12-23)16-15-30(26,18-27)25-9-6-10-28(33)17-25/h3-10,17,22-23,26-27,33H,11-16,18-21H2,1-2H3/t26-,27+,30+/m1/s1. The summed E-state index contributed by atoms with van der Waals surface area (Å²) in [6, 6.07) is 18.0. The Morgan fingerprint density at radius 2 is 1.88 bits per heavy atom. The summed E-state index contributed by atoms with van der Waals surface area (Å²) in [4.78, 5) is 18.6. The van der Waals surface area contributed by atoms with Crippen LogP contribution in [0.5, 0.6) is 5.75 Å². The molecule has 1 heterocycles. The topological polar surface area (TPSA) is 43.8 Å². The molecule has 2 aromatic carbocycles.